The van der Waals surface area contributed by atoms with Crippen LogP contribution in [0.3, 0.4) is 0 Å². The maximum Gasteiger partial charge on any atom is 0.227 e. The number of aliphatic hydroxyl groups excluding tert-OH is 1. The predicted octanol–water partition coefficient (Wildman–Crippen LogP) is 2.87. The van der Waals surface area contributed by atoms with Crippen molar-refractivity contribution in [2.75, 3.05) is 18.1 Å². The molecule has 0 aromatic heterocycles. The lowest BCUT2D eigenvalue weighted by atomic mass is 10.0. The van der Waals surface area contributed by atoms with Gasteiger partial charge in [0, 0.05) is 30.7 Å². The van der Waals surface area contributed by atoms with Crippen molar-refractivity contribution in [3.63, 3.8) is 0 Å². The van der Waals surface area contributed by atoms with Gasteiger partial charge in [-0.25, -0.2) is 0 Å². The van der Waals surface area contributed by atoms with Gasteiger partial charge in [-0.3, -0.25) is 4.79 Å². The zero-order valence-corrected chi connectivity index (χ0v) is 13.9. The van der Waals surface area contributed by atoms with Crippen molar-refractivity contribution in [1.29, 1.82) is 0 Å². The smallest absolute Gasteiger partial charge is 0.227 e. The molecule has 1 heterocycles. The Bertz CT molecular complexity index is 484. The van der Waals surface area contributed by atoms with Crippen LogP contribution >= 0.6 is 0 Å². The van der Waals surface area contributed by atoms with Crippen LogP contribution in [-0.2, 0) is 4.79 Å². The van der Waals surface area contributed by atoms with Gasteiger partial charge in [0.15, 0.2) is 0 Å². The van der Waals surface area contributed by atoms with Crippen LogP contribution in [0, 0.1) is 5.92 Å². The zero-order valence-electron chi connectivity index (χ0n) is 13.9. The van der Waals surface area contributed by atoms with Crippen LogP contribution in [0.5, 0.6) is 0 Å². The van der Waals surface area contributed by atoms with Crippen LogP contribution in [0.4, 0.5) is 5.69 Å². The number of amides is 1. The third-order valence-electron chi connectivity index (χ3n) is 4.24. The number of hydrogen-bond donors (Lipinski definition) is 2. The summed E-state index contributed by atoms with van der Waals surface area (Å²) in [5.41, 5.74) is 2.16. The van der Waals surface area contributed by atoms with E-state index in [1.54, 1.807) is 0 Å². The van der Waals surface area contributed by atoms with E-state index in [1.165, 1.54) is 5.56 Å². The first kappa shape index (κ1) is 17.0. The SMILES string of the molecule is CC(C)CC(CO)NC(C)c1ccc(N2CCCC2=O)cc1. The van der Waals surface area contributed by atoms with E-state index in [0.29, 0.717) is 12.3 Å². The molecule has 0 radical (unpaired) electrons. The molecule has 122 valence electrons. The molecule has 0 aliphatic carbocycles. The fourth-order valence-electron chi connectivity index (χ4n) is 3.08. The topological polar surface area (TPSA) is 52.6 Å². The minimum Gasteiger partial charge on any atom is -0.395 e. The molecule has 0 saturated carbocycles. The normalized spacial score (nSPS) is 18.0. The van der Waals surface area contributed by atoms with Crippen LogP contribution in [0.25, 0.3) is 0 Å². The Morgan fingerprint density at radius 2 is 1.91 bits per heavy atom. The van der Waals surface area contributed by atoms with Crippen LogP contribution < -0.4 is 10.2 Å². The molecule has 1 aromatic rings. The second-order valence-electron chi connectivity index (χ2n) is 6.64. The maximum absolute atomic E-state index is 11.8. The Morgan fingerprint density at radius 1 is 1.23 bits per heavy atom. The number of carbonyl (C=O) groups excluding carboxylic acids is 1. The van der Waals surface area contributed by atoms with Crippen LogP contribution in [0.2, 0.25) is 0 Å². The number of hydrogen-bond acceptors (Lipinski definition) is 3. The van der Waals surface area contributed by atoms with E-state index in [4.69, 9.17) is 0 Å². The lowest BCUT2D eigenvalue weighted by Crippen LogP contribution is -2.35. The highest BCUT2D eigenvalue weighted by Crippen LogP contribution is 2.24. The van der Waals surface area contributed by atoms with Crippen molar-refractivity contribution in [1.82, 2.24) is 5.32 Å². The summed E-state index contributed by atoms with van der Waals surface area (Å²) in [6.07, 6.45) is 2.57. The molecule has 2 rings (SSSR count). The molecule has 4 nitrogen and oxygen atoms in total. The Balaban J connectivity index is 1.98. The summed E-state index contributed by atoms with van der Waals surface area (Å²) in [6.45, 7) is 7.42. The second kappa shape index (κ2) is 7.75. The van der Waals surface area contributed by atoms with Gasteiger partial charge in [-0.2, -0.15) is 0 Å². The molecule has 1 fully saturated rings. The van der Waals surface area contributed by atoms with Gasteiger partial charge >= 0.3 is 0 Å². The lowest BCUT2D eigenvalue weighted by molar-refractivity contribution is -0.117. The summed E-state index contributed by atoms with van der Waals surface area (Å²) in [6, 6.07) is 8.49. The first-order chi connectivity index (χ1) is 10.5. The molecular formula is C18H28N2O2. The quantitative estimate of drug-likeness (QED) is 0.814. The van der Waals surface area contributed by atoms with Crippen molar-refractivity contribution in [3.8, 4) is 0 Å². The Morgan fingerprint density at radius 3 is 2.41 bits per heavy atom. The molecular weight excluding hydrogens is 276 g/mol. The third-order valence-corrected chi connectivity index (χ3v) is 4.24. The van der Waals surface area contributed by atoms with E-state index in [9.17, 15) is 9.90 Å². The van der Waals surface area contributed by atoms with Gasteiger partial charge in [-0.15, -0.1) is 0 Å². The second-order valence-corrected chi connectivity index (χ2v) is 6.64. The van der Waals surface area contributed by atoms with Gasteiger partial charge in [0.05, 0.1) is 6.61 Å². The first-order valence-electron chi connectivity index (χ1n) is 8.28. The molecule has 1 aromatic carbocycles. The standard InChI is InChI=1S/C18H28N2O2/c1-13(2)11-16(12-21)19-14(3)15-6-8-17(9-7-15)20-10-4-5-18(20)22/h6-9,13-14,16,19,21H,4-5,10-12H2,1-3H3. The molecule has 1 saturated heterocycles. The van der Waals surface area contributed by atoms with E-state index in [1.807, 2.05) is 17.0 Å². The lowest BCUT2D eigenvalue weighted by Gasteiger charge is -2.24. The van der Waals surface area contributed by atoms with E-state index < -0.39 is 0 Å². The van der Waals surface area contributed by atoms with Crippen molar-refractivity contribution in [2.24, 2.45) is 5.92 Å². The fourth-order valence-corrected chi connectivity index (χ4v) is 3.08. The number of aliphatic hydroxyl groups is 1. The summed E-state index contributed by atoms with van der Waals surface area (Å²) in [7, 11) is 0. The third kappa shape index (κ3) is 4.31. The summed E-state index contributed by atoms with van der Waals surface area (Å²) in [5.74, 6) is 0.775. The van der Waals surface area contributed by atoms with Crippen molar-refractivity contribution in [3.05, 3.63) is 29.8 Å². The Kier molecular flexibility index (Phi) is 5.98. The molecule has 2 N–H and O–H groups in total. The highest BCUT2D eigenvalue weighted by atomic mass is 16.3. The summed E-state index contributed by atoms with van der Waals surface area (Å²) in [5, 5.41) is 13.0. The van der Waals surface area contributed by atoms with Crippen molar-refractivity contribution in [2.45, 2.75) is 52.1 Å². The van der Waals surface area contributed by atoms with E-state index in [0.717, 1.165) is 25.1 Å². The minimum absolute atomic E-state index is 0.120. The van der Waals surface area contributed by atoms with E-state index in [2.05, 4.69) is 38.2 Å². The van der Waals surface area contributed by atoms with Crippen molar-refractivity contribution >= 4 is 11.6 Å². The maximum atomic E-state index is 11.8. The number of carbonyl (C=O) groups is 1. The van der Waals surface area contributed by atoms with Gasteiger partial charge in [0.1, 0.15) is 0 Å². The number of nitrogens with one attached hydrogen (secondary N) is 1. The van der Waals surface area contributed by atoms with Crippen LogP contribution in [0.1, 0.15) is 51.6 Å². The van der Waals surface area contributed by atoms with Crippen LogP contribution in [-0.4, -0.2) is 30.2 Å². The molecule has 1 aliphatic rings. The number of anilines is 1. The molecule has 0 spiro atoms. The van der Waals surface area contributed by atoms with Crippen LogP contribution in [0.15, 0.2) is 24.3 Å². The number of rotatable bonds is 7. The Labute approximate surface area is 133 Å². The van der Waals surface area contributed by atoms with Gasteiger partial charge < -0.3 is 15.3 Å². The summed E-state index contributed by atoms with van der Waals surface area (Å²) >= 11 is 0. The Hall–Kier alpha value is -1.39. The molecule has 0 bridgehead atoms. The number of nitrogens with zero attached hydrogens (tertiary/aromatic N) is 1. The molecule has 4 heteroatoms. The highest BCUT2D eigenvalue weighted by Gasteiger charge is 2.21. The highest BCUT2D eigenvalue weighted by molar-refractivity contribution is 5.95. The van der Waals surface area contributed by atoms with Gasteiger partial charge in [0.25, 0.3) is 0 Å². The molecule has 2 atom stereocenters. The molecule has 1 amide bonds. The minimum atomic E-state index is 0.120. The van der Waals surface area contributed by atoms with E-state index >= 15 is 0 Å². The van der Waals surface area contributed by atoms with E-state index in [-0.39, 0.29) is 24.6 Å². The fraction of sp³-hybridized carbons (Fsp3) is 0.611. The monoisotopic (exact) mass is 304 g/mol. The van der Waals surface area contributed by atoms with Crippen molar-refractivity contribution < 1.29 is 9.90 Å². The summed E-state index contributed by atoms with van der Waals surface area (Å²) in [4.78, 5) is 13.6. The van der Waals surface area contributed by atoms with Gasteiger partial charge in [-0.05, 0) is 43.4 Å². The largest absolute Gasteiger partial charge is 0.395 e. The van der Waals surface area contributed by atoms with Gasteiger partial charge in [0.2, 0.25) is 5.91 Å². The predicted molar refractivity (Wildman–Crippen MR) is 89.9 cm³/mol. The molecule has 22 heavy (non-hydrogen) atoms. The molecule has 2 unspecified atom stereocenters. The molecule has 1 aliphatic heterocycles. The average Bonchev–Trinajstić information content (AvgIpc) is 2.92. The zero-order chi connectivity index (χ0) is 16.1. The number of benzene rings is 1. The first-order valence-corrected chi connectivity index (χ1v) is 8.28. The van der Waals surface area contributed by atoms with Gasteiger partial charge in [-0.1, -0.05) is 26.0 Å². The summed E-state index contributed by atoms with van der Waals surface area (Å²) < 4.78 is 0. The average molecular weight is 304 g/mol.